The van der Waals surface area contributed by atoms with E-state index in [1.807, 2.05) is 0 Å². The SMILES string of the molecule is Cc1[nH+]c2[nH]c(=O)[nH]c2c(=O)n1S. The second kappa shape index (κ2) is 2.49. The van der Waals surface area contributed by atoms with Crippen LogP contribution in [-0.4, -0.2) is 13.9 Å². The third-order valence-electron chi connectivity index (χ3n) is 1.76. The summed E-state index contributed by atoms with van der Waals surface area (Å²) in [5, 5.41) is 0. The molecule has 0 saturated carbocycles. The molecule has 0 fully saturated rings. The maximum absolute atomic E-state index is 11.4. The van der Waals surface area contributed by atoms with Crippen molar-refractivity contribution in [3.8, 4) is 0 Å². The van der Waals surface area contributed by atoms with Gasteiger partial charge in [-0.1, -0.05) is 0 Å². The molecule has 0 radical (unpaired) electrons. The van der Waals surface area contributed by atoms with Crippen molar-refractivity contribution in [2.45, 2.75) is 6.92 Å². The Bertz CT molecular complexity index is 578. The summed E-state index contributed by atoms with van der Waals surface area (Å²) in [5.74, 6) is 0.552. The molecule has 0 bridgehead atoms. The number of hydrogen-bond donors (Lipinski definition) is 3. The van der Waals surface area contributed by atoms with E-state index in [-0.39, 0.29) is 11.1 Å². The molecule has 7 heteroatoms. The molecule has 6 nitrogen and oxygen atoms in total. The Morgan fingerprint density at radius 1 is 1.38 bits per heavy atom. The first kappa shape index (κ1) is 8.11. The first-order valence-electron chi connectivity index (χ1n) is 3.56. The van der Waals surface area contributed by atoms with Crippen molar-refractivity contribution in [2.75, 3.05) is 0 Å². The van der Waals surface area contributed by atoms with Gasteiger partial charge in [-0.05, 0) is 0 Å². The van der Waals surface area contributed by atoms with Gasteiger partial charge in [-0.25, -0.2) is 19.6 Å². The molecule has 0 spiro atoms. The summed E-state index contributed by atoms with van der Waals surface area (Å²) < 4.78 is 1.13. The second-order valence-corrected chi connectivity index (χ2v) is 3.06. The Morgan fingerprint density at radius 3 is 2.77 bits per heavy atom. The van der Waals surface area contributed by atoms with Crippen LogP contribution in [0.3, 0.4) is 0 Å². The molecule has 68 valence electrons. The van der Waals surface area contributed by atoms with E-state index in [9.17, 15) is 9.59 Å². The number of rotatable bonds is 0. The van der Waals surface area contributed by atoms with Crippen LogP contribution < -0.4 is 16.2 Å². The molecule has 0 unspecified atom stereocenters. The van der Waals surface area contributed by atoms with Crippen molar-refractivity contribution in [1.29, 1.82) is 0 Å². The van der Waals surface area contributed by atoms with E-state index in [0.29, 0.717) is 11.5 Å². The van der Waals surface area contributed by atoms with E-state index in [1.165, 1.54) is 0 Å². The van der Waals surface area contributed by atoms with Crippen molar-refractivity contribution in [3.05, 3.63) is 26.7 Å². The van der Waals surface area contributed by atoms with E-state index in [1.54, 1.807) is 6.92 Å². The Labute approximate surface area is 77.2 Å². The number of aromatic nitrogens is 4. The van der Waals surface area contributed by atoms with Crippen LogP contribution in [0.15, 0.2) is 9.59 Å². The normalized spacial score (nSPS) is 10.9. The summed E-state index contributed by atoms with van der Waals surface area (Å²) in [4.78, 5) is 29.9. The highest BCUT2D eigenvalue weighted by Gasteiger charge is 2.13. The molecule has 13 heavy (non-hydrogen) atoms. The van der Waals surface area contributed by atoms with E-state index in [0.717, 1.165) is 3.97 Å². The maximum atomic E-state index is 11.4. The van der Waals surface area contributed by atoms with Gasteiger partial charge in [0.2, 0.25) is 11.3 Å². The molecule has 0 aliphatic carbocycles. The molecule has 0 amide bonds. The molecular formula is C6H7N4O2S+. The molecule has 2 aromatic rings. The van der Waals surface area contributed by atoms with Crippen LogP contribution in [0.25, 0.3) is 11.2 Å². The van der Waals surface area contributed by atoms with Crippen LogP contribution in [0.5, 0.6) is 0 Å². The third-order valence-corrected chi connectivity index (χ3v) is 2.24. The van der Waals surface area contributed by atoms with Gasteiger partial charge in [0.05, 0.1) is 0 Å². The quantitative estimate of drug-likeness (QED) is 0.467. The van der Waals surface area contributed by atoms with Crippen LogP contribution in [0.1, 0.15) is 5.82 Å². The Kier molecular flexibility index (Phi) is 1.56. The van der Waals surface area contributed by atoms with Crippen molar-refractivity contribution < 1.29 is 4.98 Å². The van der Waals surface area contributed by atoms with Gasteiger partial charge in [0.25, 0.3) is 5.65 Å². The first-order chi connectivity index (χ1) is 6.09. The minimum atomic E-state index is -0.415. The third kappa shape index (κ3) is 1.08. The monoisotopic (exact) mass is 199 g/mol. The van der Waals surface area contributed by atoms with Gasteiger partial charge in [-0.15, -0.1) is 0 Å². The smallest absolute Gasteiger partial charge is 0.283 e. The number of hydrogen-bond acceptors (Lipinski definition) is 3. The van der Waals surface area contributed by atoms with E-state index >= 15 is 0 Å². The summed E-state index contributed by atoms with van der Waals surface area (Å²) >= 11 is 3.93. The molecule has 0 saturated heterocycles. The fourth-order valence-corrected chi connectivity index (χ4v) is 1.28. The molecule has 0 aromatic carbocycles. The number of nitrogens with one attached hydrogen (secondary N) is 3. The minimum Gasteiger partial charge on any atom is -0.283 e. The maximum Gasteiger partial charge on any atom is 0.382 e. The molecule has 2 aromatic heterocycles. The molecule has 3 N–H and O–H groups in total. The number of imidazole rings is 1. The summed E-state index contributed by atoms with van der Waals surface area (Å²) in [6, 6.07) is 0. The molecule has 0 atom stereocenters. The highest BCUT2D eigenvalue weighted by atomic mass is 32.1. The van der Waals surface area contributed by atoms with E-state index < -0.39 is 5.69 Å². The molecule has 2 heterocycles. The van der Waals surface area contributed by atoms with E-state index in [4.69, 9.17) is 0 Å². The zero-order valence-electron chi connectivity index (χ0n) is 6.71. The molecule has 0 aliphatic heterocycles. The zero-order valence-corrected chi connectivity index (χ0v) is 7.61. The zero-order chi connectivity index (χ0) is 9.59. The standard InChI is InChI=1S/C6H6N4O2S/c1-2-7-4-3(5(11)10(2)13)8-6(12)9-4/h13H,1H3,(H2,8,9,12)/p+1. The number of H-pyrrole nitrogens is 3. The van der Waals surface area contributed by atoms with Crippen molar-refractivity contribution in [1.82, 2.24) is 13.9 Å². The lowest BCUT2D eigenvalue weighted by Crippen LogP contribution is -2.25. The first-order valence-corrected chi connectivity index (χ1v) is 3.96. The molecule has 0 aliphatic rings. The summed E-state index contributed by atoms with van der Waals surface area (Å²) in [6.45, 7) is 1.68. The number of aryl methyl sites for hydroxylation is 1. The van der Waals surface area contributed by atoms with Gasteiger partial charge in [-0.2, -0.15) is 3.97 Å². The number of thiol groups is 1. The average Bonchev–Trinajstić information content (AvgIpc) is 2.42. The van der Waals surface area contributed by atoms with Crippen LogP contribution in [0.2, 0.25) is 0 Å². The number of fused-ring (bicyclic) bond motifs is 1. The predicted octanol–water partition coefficient (Wildman–Crippen LogP) is -1.17. The van der Waals surface area contributed by atoms with Crippen molar-refractivity contribution >= 4 is 24.0 Å². The minimum absolute atomic E-state index is 0.200. The van der Waals surface area contributed by atoms with Gasteiger partial charge >= 0.3 is 11.2 Å². The fraction of sp³-hybridized carbons (Fsp3) is 0.167. The highest BCUT2D eigenvalue weighted by molar-refractivity contribution is 7.78. The van der Waals surface area contributed by atoms with Gasteiger partial charge in [0.1, 0.15) is 0 Å². The molecule has 2 rings (SSSR count). The van der Waals surface area contributed by atoms with Gasteiger partial charge < -0.3 is 0 Å². The lowest BCUT2D eigenvalue weighted by Gasteiger charge is -1.92. The van der Waals surface area contributed by atoms with Crippen molar-refractivity contribution in [2.24, 2.45) is 0 Å². The van der Waals surface area contributed by atoms with Gasteiger partial charge in [0, 0.05) is 19.7 Å². The predicted molar refractivity (Wildman–Crippen MR) is 48.9 cm³/mol. The van der Waals surface area contributed by atoms with Gasteiger partial charge in [-0.3, -0.25) is 4.98 Å². The van der Waals surface area contributed by atoms with Crippen LogP contribution >= 0.6 is 12.8 Å². The van der Waals surface area contributed by atoms with E-state index in [2.05, 4.69) is 27.8 Å². The topological polar surface area (TPSA) is 84.8 Å². The summed E-state index contributed by atoms with van der Waals surface area (Å²) in [6.07, 6.45) is 0. The average molecular weight is 199 g/mol. The Hall–Kier alpha value is -1.50. The fourth-order valence-electron chi connectivity index (χ4n) is 1.13. The van der Waals surface area contributed by atoms with Crippen molar-refractivity contribution in [3.63, 3.8) is 0 Å². The lowest BCUT2D eigenvalue weighted by atomic mass is 10.5. The summed E-state index contributed by atoms with van der Waals surface area (Å²) in [5.41, 5.74) is -0.182. The van der Waals surface area contributed by atoms with Crippen LogP contribution in [0.4, 0.5) is 0 Å². The number of nitrogens with zero attached hydrogens (tertiary/aromatic N) is 1. The summed E-state index contributed by atoms with van der Waals surface area (Å²) in [7, 11) is 0. The number of aromatic amines is 3. The highest BCUT2D eigenvalue weighted by Crippen LogP contribution is 1.94. The largest absolute Gasteiger partial charge is 0.382 e. The molecular weight excluding hydrogens is 192 g/mol. The lowest BCUT2D eigenvalue weighted by molar-refractivity contribution is -0.364. The second-order valence-electron chi connectivity index (χ2n) is 2.66. The van der Waals surface area contributed by atoms with Crippen LogP contribution in [-0.2, 0) is 0 Å². The Morgan fingerprint density at radius 2 is 2.08 bits per heavy atom. The van der Waals surface area contributed by atoms with Gasteiger partial charge in [0.15, 0.2) is 0 Å². The van der Waals surface area contributed by atoms with Crippen LogP contribution in [0, 0.1) is 6.92 Å². The Balaban J connectivity index is 3.10.